The molecule has 9 heteroatoms. The minimum absolute atomic E-state index is 0.127. The first-order valence-electron chi connectivity index (χ1n) is 11.7. The molecule has 2 aromatic heterocycles. The molecule has 5 rings (SSSR count). The number of rotatable bonds is 6. The molecule has 180 valence electrons. The van der Waals surface area contributed by atoms with E-state index in [-0.39, 0.29) is 5.91 Å². The van der Waals surface area contributed by atoms with E-state index in [0.717, 1.165) is 46.5 Å². The summed E-state index contributed by atoms with van der Waals surface area (Å²) in [5.41, 5.74) is 4.41. The lowest BCUT2D eigenvalue weighted by Crippen LogP contribution is -2.50. The monoisotopic (exact) mass is 488 g/mol. The number of benzene rings is 2. The minimum Gasteiger partial charge on any atom is -0.323 e. The van der Waals surface area contributed by atoms with Crippen LogP contribution in [0, 0.1) is 0 Å². The van der Waals surface area contributed by atoms with Gasteiger partial charge in [0.15, 0.2) is 5.65 Å². The van der Waals surface area contributed by atoms with E-state index in [4.69, 9.17) is 4.98 Å². The average Bonchev–Trinajstić information content (AvgIpc) is 3.26. The fraction of sp³-hybridized carbons (Fsp3) is 0.269. The Bertz CT molecular complexity index is 1410. The molecule has 2 aromatic carbocycles. The number of aromatic nitrogens is 3. The predicted octanol–water partition coefficient (Wildman–Crippen LogP) is 4.06. The number of hydrogen-bond acceptors (Lipinski definition) is 6. The van der Waals surface area contributed by atoms with Crippen molar-refractivity contribution in [1.29, 1.82) is 0 Å². The van der Waals surface area contributed by atoms with Crippen LogP contribution in [0.4, 0.5) is 17.3 Å². The number of nitrogens with one attached hydrogen (secondary N) is 1. The zero-order valence-corrected chi connectivity index (χ0v) is 21.1. The fourth-order valence-electron chi connectivity index (χ4n) is 4.30. The number of nitrogens with zero attached hydrogens (tertiary/aromatic N) is 5. The van der Waals surface area contributed by atoms with Crippen LogP contribution in [0.2, 0.25) is 0 Å². The third kappa shape index (κ3) is 4.85. The molecule has 4 aromatic rings. The number of piperazine rings is 1. The van der Waals surface area contributed by atoms with Crippen LogP contribution in [0.25, 0.3) is 16.8 Å². The Balaban J connectivity index is 1.35. The number of likely N-dealkylation sites (N-methyl/N-ethyl adjacent to an activating group) is 1. The summed E-state index contributed by atoms with van der Waals surface area (Å²) in [6.07, 6.45) is 1.86. The summed E-state index contributed by atoms with van der Waals surface area (Å²) in [5.74, 6) is 0.614. The first-order chi connectivity index (χ1) is 16.8. The molecule has 0 radical (unpaired) electrons. The quantitative estimate of drug-likeness (QED) is 0.412. The number of carbonyl (C=O) groups is 1. The first kappa shape index (κ1) is 23.3. The fourth-order valence-corrected chi connectivity index (χ4v) is 5.17. The maximum Gasteiger partial charge on any atom is 0.247 e. The van der Waals surface area contributed by atoms with Crippen molar-refractivity contribution in [3.8, 4) is 11.1 Å². The minimum atomic E-state index is -2.30. The van der Waals surface area contributed by atoms with Crippen molar-refractivity contribution < 1.29 is 9.36 Å². The Labute approximate surface area is 205 Å². The Hall–Kier alpha value is -3.48. The molecule has 0 bridgehead atoms. The van der Waals surface area contributed by atoms with E-state index in [9.17, 15) is 9.36 Å². The molecule has 1 aliphatic rings. The van der Waals surface area contributed by atoms with E-state index in [1.807, 2.05) is 71.8 Å². The van der Waals surface area contributed by atoms with Gasteiger partial charge in [-0.25, -0.2) is 4.52 Å². The predicted molar refractivity (Wildman–Crippen MR) is 142 cm³/mol. The molecule has 1 aliphatic heterocycles. The van der Waals surface area contributed by atoms with Gasteiger partial charge < -0.3 is 14.8 Å². The highest BCUT2D eigenvalue weighted by Crippen LogP contribution is 2.35. The lowest BCUT2D eigenvalue weighted by Gasteiger charge is -2.33. The SMILES string of the molecule is CCN1CCN(c2ccc(Nc3nc4c(-c5ccc(P(C)(C)=O)cc5)cccn4n3)cc2)C(=O)C1. The first-order valence-corrected chi connectivity index (χ1v) is 14.3. The van der Waals surface area contributed by atoms with E-state index in [2.05, 4.69) is 22.2 Å². The van der Waals surface area contributed by atoms with Crippen LogP contribution >= 0.6 is 7.14 Å². The van der Waals surface area contributed by atoms with E-state index in [1.165, 1.54) is 0 Å². The lowest BCUT2D eigenvalue weighted by atomic mass is 10.1. The zero-order chi connectivity index (χ0) is 24.6. The molecule has 0 saturated carbocycles. The van der Waals surface area contributed by atoms with Gasteiger partial charge in [-0.2, -0.15) is 4.98 Å². The molecule has 0 spiro atoms. The van der Waals surface area contributed by atoms with Gasteiger partial charge >= 0.3 is 0 Å². The molecule has 0 aliphatic carbocycles. The van der Waals surface area contributed by atoms with Gasteiger partial charge in [0.25, 0.3) is 0 Å². The van der Waals surface area contributed by atoms with Crippen molar-refractivity contribution in [1.82, 2.24) is 19.5 Å². The van der Waals surface area contributed by atoms with Crippen LogP contribution in [0.15, 0.2) is 66.9 Å². The van der Waals surface area contributed by atoms with E-state index in [1.54, 1.807) is 17.8 Å². The Kier molecular flexibility index (Phi) is 6.17. The van der Waals surface area contributed by atoms with E-state index in [0.29, 0.717) is 19.0 Å². The third-order valence-electron chi connectivity index (χ3n) is 6.34. The molecule has 1 fully saturated rings. The standard InChI is InChI=1S/C26H29N6O2P/c1-4-30-16-17-31(24(33)18-30)21-11-9-20(10-12-21)27-26-28-25-23(6-5-15-32(25)29-26)19-7-13-22(14-8-19)35(2,3)34/h5-15H,4,16-18H2,1-3H3,(H,27,29). The second-order valence-electron chi connectivity index (χ2n) is 9.11. The highest BCUT2D eigenvalue weighted by atomic mass is 31.2. The molecule has 3 heterocycles. The van der Waals surface area contributed by atoms with Gasteiger partial charge in [0, 0.05) is 41.5 Å². The van der Waals surface area contributed by atoms with Crippen LogP contribution in [-0.4, -0.2) is 64.9 Å². The maximum atomic E-state index is 12.5. The largest absolute Gasteiger partial charge is 0.323 e. The van der Waals surface area contributed by atoms with Gasteiger partial charge in [-0.1, -0.05) is 31.2 Å². The van der Waals surface area contributed by atoms with Gasteiger partial charge in [0.1, 0.15) is 7.14 Å². The van der Waals surface area contributed by atoms with Crippen LogP contribution in [0.5, 0.6) is 0 Å². The number of hydrogen-bond donors (Lipinski definition) is 1. The molecule has 0 unspecified atom stereocenters. The Morgan fingerprint density at radius 2 is 1.74 bits per heavy atom. The van der Waals surface area contributed by atoms with Crippen LogP contribution < -0.4 is 15.5 Å². The summed E-state index contributed by atoms with van der Waals surface area (Å²) in [7, 11) is -2.30. The number of amides is 1. The molecule has 35 heavy (non-hydrogen) atoms. The number of carbonyl (C=O) groups excluding carboxylic acids is 1. The van der Waals surface area contributed by atoms with E-state index >= 15 is 0 Å². The molecule has 1 amide bonds. The molecular weight excluding hydrogens is 459 g/mol. The van der Waals surface area contributed by atoms with E-state index < -0.39 is 7.14 Å². The summed E-state index contributed by atoms with van der Waals surface area (Å²) < 4.78 is 14.1. The summed E-state index contributed by atoms with van der Waals surface area (Å²) >= 11 is 0. The number of anilines is 3. The molecule has 1 saturated heterocycles. The molecular formula is C26H29N6O2P. The number of pyridine rings is 1. The van der Waals surface area contributed by atoms with Gasteiger partial charge in [0.2, 0.25) is 11.9 Å². The van der Waals surface area contributed by atoms with Crippen molar-refractivity contribution in [3.05, 3.63) is 66.9 Å². The highest BCUT2D eigenvalue weighted by molar-refractivity contribution is 7.70. The molecule has 0 atom stereocenters. The second kappa shape index (κ2) is 9.29. The topological polar surface area (TPSA) is 82.8 Å². The summed E-state index contributed by atoms with van der Waals surface area (Å²) in [4.78, 5) is 21.2. The maximum absolute atomic E-state index is 12.5. The van der Waals surface area contributed by atoms with Gasteiger partial charge in [-0.05, 0) is 61.8 Å². The van der Waals surface area contributed by atoms with Crippen molar-refractivity contribution in [2.24, 2.45) is 0 Å². The lowest BCUT2D eigenvalue weighted by molar-refractivity contribution is -0.121. The van der Waals surface area contributed by atoms with Crippen molar-refractivity contribution in [2.45, 2.75) is 6.92 Å². The van der Waals surface area contributed by atoms with Crippen LogP contribution in [0.3, 0.4) is 0 Å². The number of fused-ring (bicyclic) bond motifs is 1. The molecule has 1 N–H and O–H groups in total. The van der Waals surface area contributed by atoms with Gasteiger partial charge in [-0.15, -0.1) is 5.10 Å². The average molecular weight is 489 g/mol. The third-order valence-corrected chi connectivity index (χ3v) is 7.89. The van der Waals surface area contributed by atoms with Crippen molar-refractivity contribution in [2.75, 3.05) is 49.7 Å². The molecule has 8 nitrogen and oxygen atoms in total. The smallest absolute Gasteiger partial charge is 0.247 e. The van der Waals surface area contributed by atoms with Crippen molar-refractivity contribution >= 4 is 41.3 Å². The summed E-state index contributed by atoms with van der Waals surface area (Å²) in [6.45, 7) is 8.56. The van der Waals surface area contributed by atoms with Gasteiger partial charge in [0.05, 0.1) is 6.54 Å². The second-order valence-corrected chi connectivity index (χ2v) is 12.3. The zero-order valence-electron chi connectivity index (χ0n) is 20.2. The van der Waals surface area contributed by atoms with Crippen LogP contribution in [-0.2, 0) is 9.36 Å². The Morgan fingerprint density at radius 1 is 1.00 bits per heavy atom. The summed E-state index contributed by atoms with van der Waals surface area (Å²) in [5, 5.41) is 8.70. The van der Waals surface area contributed by atoms with Crippen molar-refractivity contribution in [3.63, 3.8) is 0 Å². The highest BCUT2D eigenvalue weighted by Gasteiger charge is 2.24. The summed E-state index contributed by atoms with van der Waals surface area (Å²) in [6, 6.07) is 19.5. The van der Waals surface area contributed by atoms with Crippen LogP contribution in [0.1, 0.15) is 6.92 Å². The normalized spacial score (nSPS) is 15.1. The van der Waals surface area contributed by atoms with Gasteiger partial charge in [-0.3, -0.25) is 9.69 Å². The Morgan fingerprint density at radius 3 is 2.40 bits per heavy atom.